The normalized spacial score (nSPS) is 39.5. The molecule has 1 aromatic heterocycles. The predicted octanol–water partition coefficient (Wildman–Crippen LogP) is 3.21. The second-order valence-electron chi connectivity index (χ2n) is 6.97. The van der Waals surface area contributed by atoms with Gasteiger partial charge in [0, 0.05) is 6.04 Å². The number of anilines is 2. The molecule has 4 bridgehead atoms. The smallest absolute Gasteiger partial charge is 0.126 e. The molecule has 1 heterocycles. The van der Waals surface area contributed by atoms with Crippen molar-refractivity contribution in [3.63, 3.8) is 0 Å². The summed E-state index contributed by atoms with van der Waals surface area (Å²) in [5.74, 6) is 4.85. The minimum absolute atomic E-state index is 0.656. The highest BCUT2D eigenvalue weighted by Crippen LogP contribution is 2.54. The number of hydrogen-bond acceptors (Lipinski definition) is 3. The molecule has 0 unspecified atom stereocenters. The Kier molecular flexibility index (Phi) is 2.51. The first kappa shape index (κ1) is 11.6. The number of aromatic nitrogens is 1. The van der Waals surface area contributed by atoms with Gasteiger partial charge >= 0.3 is 0 Å². The Balaban J connectivity index is 1.55. The number of aryl methyl sites for hydroxylation is 1. The zero-order chi connectivity index (χ0) is 13.0. The Hall–Kier alpha value is -1.25. The Morgan fingerprint density at radius 1 is 1.05 bits per heavy atom. The molecule has 3 N–H and O–H groups in total. The Labute approximate surface area is 115 Å². The standard InChI is InChI=1S/C16H23N3/c1-9-14(17)2-3-15(18-9)19-16-12-5-10-4-11(7-12)8-13(16)6-10/h2-3,10-13,16H,4-8,17H2,1H3,(H,18,19). The van der Waals surface area contributed by atoms with Crippen molar-refractivity contribution in [3.8, 4) is 0 Å². The molecule has 0 spiro atoms. The maximum atomic E-state index is 5.85. The first-order valence-electron chi connectivity index (χ1n) is 7.68. The lowest BCUT2D eigenvalue weighted by atomic mass is 9.54. The number of rotatable bonds is 2. The van der Waals surface area contributed by atoms with E-state index in [2.05, 4.69) is 10.3 Å². The van der Waals surface area contributed by atoms with Gasteiger partial charge in [-0.05, 0) is 74.8 Å². The highest BCUT2D eigenvalue weighted by molar-refractivity contribution is 5.49. The van der Waals surface area contributed by atoms with Gasteiger partial charge in [0.05, 0.1) is 11.4 Å². The summed E-state index contributed by atoms with van der Waals surface area (Å²) >= 11 is 0. The van der Waals surface area contributed by atoms with Crippen LogP contribution >= 0.6 is 0 Å². The molecule has 0 amide bonds. The maximum Gasteiger partial charge on any atom is 0.126 e. The van der Waals surface area contributed by atoms with E-state index in [4.69, 9.17) is 5.73 Å². The second kappa shape index (κ2) is 4.12. The van der Waals surface area contributed by atoms with E-state index >= 15 is 0 Å². The molecule has 0 aromatic carbocycles. The summed E-state index contributed by atoms with van der Waals surface area (Å²) in [6.45, 7) is 1.98. The van der Waals surface area contributed by atoms with E-state index in [0.29, 0.717) is 6.04 Å². The molecule has 0 aliphatic heterocycles. The van der Waals surface area contributed by atoms with Crippen molar-refractivity contribution in [2.75, 3.05) is 11.1 Å². The van der Waals surface area contributed by atoms with Gasteiger partial charge in [-0.1, -0.05) is 0 Å². The molecule has 4 fully saturated rings. The minimum atomic E-state index is 0.656. The molecule has 3 nitrogen and oxygen atoms in total. The average molecular weight is 257 g/mol. The number of nitrogens with two attached hydrogens (primary N) is 1. The van der Waals surface area contributed by atoms with Crippen LogP contribution in [0.15, 0.2) is 12.1 Å². The van der Waals surface area contributed by atoms with Gasteiger partial charge in [-0.3, -0.25) is 0 Å². The van der Waals surface area contributed by atoms with Crippen molar-refractivity contribution in [1.29, 1.82) is 0 Å². The summed E-state index contributed by atoms with van der Waals surface area (Å²) in [7, 11) is 0. The molecule has 102 valence electrons. The van der Waals surface area contributed by atoms with E-state index in [1.165, 1.54) is 32.1 Å². The third-order valence-corrected chi connectivity index (χ3v) is 5.67. The van der Waals surface area contributed by atoms with Crippen LogP contribution in [0.5, 0.6) is 0 Å². The third-order valence-electron chi connectivity index (χ3n) is 5.67. The third kappa shape index (κ3) is 1.90. The summed E-state index contributed by atoms with van der Waals surface area (Å²) in [5.41, 5.74) is 7.57. The topological polar surface area (TPSA) is 50.9 Å². The summed E-state index contributed by atoms with van der Waals surface area (Å²) < 4.78 is 0. The molecule has 19 heavy (non-hydrogen) atoms. The molecular formula is C16H23N3. The zero-order valence-electron chi connectivity index (χ0n) is 11.6. The number of nitrogen functional groups attached to an aromatic ring is 1. The number of hydrogen-bond donors (Lipinski definition) is 2. The van der Waals surface area contributed by atoms with Crippen molar-refractivity contribution >= 4 is 11.5 Å². The second-order valence-corrected chi connectivity index (χ2v) is 6.97. The molecule has 4 saturated carbocycles. The van der Waals surface area contributed by atoms with Crippen LogP contribution in [-0.2, 0) is 0 Å². The first-order valence-corrected chi connectivity index (χ1v) is 7.68. The van der Waals surface area contributed by atoms with Gasteiger partial charge in [0.1, 0.15) is 5.82 Å². The van der Waals surface area contributed by atoms with Crippen molar-refractivity contribution in [3.05, 3.63) is 17.8 Å². The lowest BCUT2D eigenvalue weighted by Gasteiger charge is -2.54. The van der Waals surface area contributed by atoms with Crippen LogP contribution in [0, 0.1) is 30.6 Å². The van der Waals surface area contributed by atoms with Crippen molar-refractivity contribution in [2.45, 2.75) is 45.1 Å². The fourth-order valence-electron chi connectivity index (χ4n) is 4.98. The molecular weight excluding hydrogens is 234 g/mol. The lowest BCUT2D eigenvalue weighted by Crippen LogP contribution is -2.51. The number of pyridine rings is 1. The van der Waals surface area contributed by atoms with Crippen molar-refractivity contribution in [1.82, 2.24) is 4.98 Å². The van der Waals surface area contributed by atoms with Gasteiger partial charge in [0.15, 0.2) is 0 Å². The fraction of sp³-hybridized carbons (Fsp3) is 0.688. The van der Waals surface area contributed by atoms with E-state index in [1.807, 2.05) is 19.1 Å². The SMILES string of the molecule is Cc1nc(NC2C3CC4CC(C3)CC2C4)ccc1N. The summed E-state index contributed by atoms with van der Waals surface area (Å²) in [4.78, 5) is 4.59. The van der Waals surface area contributed by atoms with E-state index in [1.54, 1.807) is 0 Å². The van der Waals surface area contributed by atoms with E-state index in [9.17, 15) is 0 Å². The van der Waals surface area contributed by atoms with Crippen molar-refractivity contribution in [2.24, 2.45) is 23.7 Å². The van der Waals surface area contributed by atoms with E-state index in [-0.39, 0.29) is 0 Å². The molecule has 1 aromatic rings. The van der Waals surface area contributed by atoms with Gasteiger partial charge in [-0.2, -0.15) is 0 Å². The van der Waals surface area contributed by atoms with Crippen LogP contribution in [0.3, 0.4) is 0 Å². The van der Waals surface area contributed by atoms with Gasteiger partial charge in [-0.15, -0.1) is 0 Å². The largest absolute Gasteiger partial charge is 0.397 e. The van der Waals surface area contributed by atoms with E-state index < -0.39 is 0 Å². The lowest BCUT2D eigenvalue weighted by molar-refractivity contribution is 0.00741. The zero-order valence-corrected chi connectivity index (χ0v) is 11.6. The Morgan fingerprint density at radius 3 is 2.26 bits per heavy atom. The molecule has 4 aliphatic carbocycles. The molecule has 4 aliphatic rings. The highest BCUT2D eigenvalue weighted by atomic mass is 15.0. The number of nitrogens with one attached hydrogen (secondary N) is 1. The maximum absolute atomic E-state index is 5.85. The van der Waals surface area contributed by atoms with Crippen LogP contribution in [0.25, 0.3) is 0 Å². The summed E-state index contributed by atoms with van der Waals surface area (Å²) in [6, 6.07) is 4.66. The fourth-order valence-corrected chi connectivity index (χ4v) is 4.98. The first-order chi connectivity index (χ1) is 9.19. The molecule has 3 heteroatoms. The van der Waals surface area contributed by atoms with Gasteiger partial charge < -0.3 is 11.1 Å². The number of nitrogens with zero attached hydrogens (tertiary/aromatic N) is 1. The molecule has 0 radical (unpaired) electrons. The van der Waals surface area contributed by atoms with Gasteiger partial charge in [-0.25, -0.2) is 4.98 Å². The van der Waals surface area contributed by atoms with Crippen LogP contribution in [0.1, 0.15) is 37.8 Å². The quantitative estimate of drug-likeness (QED) is 0.855. The van der Waals surface area contributed by atoms with Gasteiger partial charge in [0.2, 0.25) is 0 Å². The Bertz CT molecular complexity index is 469. The molecule has 5 rings (SSSR count). The molecule has 0 atom stereocenters. The minimum Gasteiger partial charge on any atom is -0.397 e. The summed E-state index contributed by atoms with van der Waals surface area (Å²) in [6.07, 6.45) is 7.29. The van der Waals surface area contributed by atoms with Crippen LogP contribution in [-0.4, -0.2) is 11.0 Å². The van der Waals surface area contributed by atoms with Crippen LogP contribution in [0.2, 0.25) is 0 Å². The monoisotopic (exact) mass is 257 g/mol. The van der Waals surface area contributed by atoms with Crippen molar-refractivity contribution < 1.29 is 0 Å². The Morgan fingerprint density at radius 2 is 1.68 bits per heavy atom. The predicted molar refractivity (Wildman–Crippen MR) is 77.8 cm³/mol. The highest BCUT2D eigenvalue weighted by Gasteiger charge is 2.48. The molecule has 0 saturated heterocycles. The summed E-state index contributed by atoms with van der Waals surface area (Å²) in [5, 5.41) is 3.73. The van der Waals surface area contributed by atoms with Crippen LogP contribution in [0.4, 0.5) is 11.5 Å². The van der Waals surface area contributed by atoms with Gasteiger partial charge in [0.25, 0.3) is 0 Å². The average Bonchev–Trinajstić information content (AvgIpc) is 2.37. The van der Waals surface area contributed by atoms with E-state index in [0.717, 1.165) is 40.9 Å². The van der Waals surface area contributed by atoms with Crippen LogP contribution < -0.4 is 11.1 Å².